The minimum atomic E-state index is -0.942. The van der Waals surface area contributed by atoms with Crippen LogP contribution >= 0.6 is 0 Å². The monoisotopic (exact) mass is 210 g/mol. The first-order valence-electron chi connectivity index (χ1n) is 4.67. The molecule has 0 bridgehead atoms. The summed E-state index contributed by atoms with van der Waals surface area (Å²) in [5, 5.41) is 2.62. The van der Waals surface area contributed by atoms with Gasteiger partial charge >= 0.3 is 0 Å². The van der Waals surface area contributed by atoms with Crippen LogP contribution in [0.25, 0.3) is 0 Å². The lowest BCUT2D eigenvalue weighted by atomic mass is 10.1. The fourth-order valence-electron chi connectivity index (χ4n) is 1.01. The van der Waals surface area contributed by atoms with Crippen molar-refractivity contribution in [3.8, 4) is 0 Å². The van der Waals surface area contributed by atoms with Crippen LogP contribution < -0.4 is 11.1 Å². The van der Waals surface area contributed by atoms with E-state index in [1.807, 2.05) is 0 Å². The standard InChI is InChI=1S/C11H15FN2O/c1-7-6-8(4-5-9(7)12)14-10(15)11(2,3)13/h4-6H,13H2,1-3H3,(H,14,15). The lowest BCUT2D eigenvalue weighted by Crippen LogP contribution is -2.45. The summed E-state index contributed by atoms with van der Waals surface area (Å²) in [6.07, 6.45) is 0. The zero-order valence-electron chi connectivity index (χ0n) is 9.10. The number of hydrogen-bond donors (Lipinski definition) is 2. The van der Waals surface area contributed by atoms with Gasteiger partial charge in [-0.15, -0.1) is 0 Å². The number of aryl methyl sites for hydroxylation is 1. The topological polar surface area (TPSA) is 55.1 Å². The third kappa shape index (κ3) is 3.02. The summed E-state index contributed by atoms with van der Waals surface area (Å²) in [5.74, 6) is -0.589. The normalized spacial score (nSPS) is 11.3. The molecule has 0 spiro atoms. The Kier molecular flexibility index (Phi) is 3.09. The SMILES string of the molecule is Cc1cc(NC(=O)C(C)(C)N)ccc1F. The van der Waals surface area contributed by atoms with Crippen LogP contribution in [0.5, 0.6) is 0 Å². The van der Waals surface area contributed by atoms with Crippen LogP contribution in [-0.4, -0.2) is 11.4 Å². The summed E-state index contributed by atoms with van der Waals surface area (Å²) in [7, 11) is 0. The van der Waals surface area contributed by atoms with E-state index in [2.05, 4.69) is 5.32 Å². The summed E-state index contributed by atoms with van der Waals surface area (Å²) in [6.45, 7) is 4.86. The number of rotatable bonds is 2. The van der Waals surface area contributed by atoms with Crippen molar-refractivity contribution in [2.45, 2.75) is 26.3 Å². The fourth-order valence-corrected chi connectivity index (χ4v) is 1.01. The van der Waals surface area contributed by atoms with E-state index in [9.17, 15) is 9.18 Å². The van der Waals surface area contributed by atoms with Crippen LogP contribution in [-0.2, 0) is 4.79 Å². The Labute approximate surface area is 88.5 Å². The van der Waals surface area contributed by atoms with Crippen molar-refractivity contribution < 1.29 is 9.18 Å². The number of nitrogens with two attached hydrogens (primary N) is 1. The van der Waals surface area contributed by atoms with Gasteiger partial charge in [-0.2, -0.15) is 0 Å². The quantitative estimate of drug-likeness (QED) is 0.782. The highest BCUT2D eigenvalue weighted by Crippen LogP contribution is 2.14. The maximum absolute atomic E-state index is 12.9. The Hall–Kier alpha value is -1.42. The molecule has 3 N–H and O–H groups in total. The summed E-state index contributed by atoms with van der Waals surface area (Å²) < 4.78 is 12.9. The van der Waals surface area contributed by atoms with Gasteiger partial charge in [0.2, 0.25) is 5.91 Å². The van der Waals surface area contributed by atoms with Crippen LogP contribution in [0.3, 0.4) is 0 Å². The molecule has 0 aliphatic rings. The molecular weight excluding hydrogens is 195 g/mol. The lowest BCUT2D eigenvalue weighted by Gasteiger charge is -2.17. The van der Waals surface area contributed by atoms with Gasteiger partial charge in [0.05, 0.1) is 5.54 Å². The van der Waals surface area contributed by atoms with Gasteiger partial charge in [-0.25, -0.2) is 4.39 Å². The first-order chi connectivity index (χ1) is 6.80. The third-order valence-corrected chi connectivity index (χ3v) is 2.00. The highest BCUT2D eigenvalue weighted by molar-refractivity contribution is 5.97. The van der Waals surface area contributed by atoms with Crippen molar-refractivity contribution in [1.29, 1.82) is 0 Å². The molecule has 1 rings (SSSR count). The van der Waals surface area contributed by atoms with E-state index in [0.29, 0.717) is 11.3 Å². The second-order valence-electron chi connectivity index (χ2n) is 4.14. The number of anilines is 1. The molecule has 15 heavy (non-hydrogen) atoms. The smallest absolute Gasteiger partial charge is 0.243 e. The molecule has 0 unspecified atom stereocenters. The second kappa shape index (κ2) is 3.98. The van der Waals surface area contributed by atoms with Crippen molar-refractivity contribution in [3.05, 3.63) is 29.6 Å². The van der Waals surface area contributed by atoms with Gasteiger partial charge in [0.15, 0.2) is 0 Å². The van der Waals surface area contributed by atoms with Gasteiger partial charge in [0, 0.05) is 5.69 Å². The van der Waals surface area contributed by atoms with Crippen molar-refractivity contribution in [2.75, 3.05) is 5.32 Å². The van der Waals surface area contributed by atoms with Gasteiger partial charge in [-0.05, 0) is 44.5 Å². The van der Waals surface area contributed by atoms with Gasteiger partial charge < -0.3 is 11.1 Å². The van der Waals surface area contributed by atoms with E-state index < -0.39 is 5.54 Å². The molecule has 1 amide bonds. The van der Waals surface area contributed by atoms with Gasteiger partial charge in [0.1, 0.15) is 5.82 Å². The summed E-state index contributed by atoms with van der Waals surface area (Å²) in [4.78, 5) is 11.5. The van der Waals surface area contributed by atoms with Crippen molar-refractivity contribution in [3.63, 3.8) is 0 Å². The average molecular weight is 210 g/mol. The fraction of sp³-hybridized carbons (Fsp3) is 0.364. The largest absolute Gasteiger partial charge is 0.324 e. The lowest BCUT2D eigenvalue weighted by molar-refractivity contribution is -0.120. The van der Waals surface area contributed by atoms with Crippen LogP contribution in [0.15, 0.2) is 18.2 Å². The van der Waals surface area contributed by atoms with E-state index in [-0.39, 0.29) is 11.7 Å². The zero-order chi connectivity index (χ0) is 11.6. The van der Waals surface area contributed by atoms with Gasteiger partial charge in [0.25, 0.3) is 0 Å². The number of nitrogens with one attached hydrogen (secondary N) is 1. The number of carbonyl (C=O) groups excluding carboxylic acids is 1. The summed E-state index contributed by atoms with van der Waals surface area (Å²) in [5.41, 5.74) is 5.71. The van der Waals surface area contributed by atoms with Crippen molar-refractivity contribution >= 4 is 11.6 Å². The van der Waals surface area contributed by atoms with E-state index >= 15 is 0 Å². The molecule has 1 aromatic rings. The number of benzene rings is 1. The molecule has 4 heteroatoms. The maximum atomic E-state index is 12.9. The number of amides is 1. The molecule has 0 atom stereocenters. The Balaban J connectivity index is 2.83. The molecule has 0 aliphatic heterocycles. The third-order valence-electron chi connectivity index (χ3n) is 2.00. The van der Waals surface area contributed by atoms with Gasteiger partial charge in [-0.1, -0.05) is 0 Å². The van der Waals surface area contributed by atoms with Crippen LogP contribution in [0, 0.1) is 12.7 Å². The number of hydrogen-bond acceptors (Lipinski definition) is 2. The van der Waals surface area contributed by atoms with Crippen LogP contribution in [0.4, 0.5) is 10.1 Å². The van der Waals surface area contributed by atoms with E-state index in [1.54, 1.807) is 26.8 Å². The van der Waals surface area contributed by atoms with E-state index in [0.717, 1.165) is 0 Å². The molecule has 0 heterocycles. The molecule has 0 aliphatic carbocycles. The molecule has 3 nitrogen and oxygen atoms in total. The molecule has 1 aromatic carbocycles. The summed E-state index contributed by atoms with van der Waals surface area (Å²) in [6, 6.07) is 4.39. The second-order valence-corrected chi connectivity index (χ2v) is 4.14. The Morgan fingerprint density at radius 3 is 2.53 bits per heavy atom. The molecule has 0 radical (unpaired) electrons. The van der Waals surface area contributed by atoms with Crippen molar-refractivity contribution in [2.24, 2.45) is 5.73 Å². The maximum Gasteiger partial charge on any atom is 0.243 e. The minimum absolute atomic E-state index is 0.292. The van der Waals surface area contributed by atoms with E-state index in [1.165, 1.54) is 12.1 Å². The van der Waals surface area contributed by atoms with Gasteiger partial charge in [-0.3, -0.25) is 4.79 Å². The molecular formula is C11H15FN2O. The summed E-state index contributed by atoms with van der Waals surface area (Å²) >= 11 is 0. The Morgan fingerprint density at radius 1 is 1.47 bits per heavy atom. The average Bonchev–Trinajstić information content (AvgIpc) is 2.10. The molecule has 0 fully saturated rings. The minimum Gasteiger partial charge on any atom is -0.324 e. The number of halogens is 1. The molecule has 82 valence electrons. The van der Waals surface area contributed by atoms with Crippen molar-refractivity contribution in [1.82, 2.24) is 0 Å². The van der Waals surface area contributed by atoms with Crippen LogP contribution in [0.2, 0.25) is 0 Å². The zero-order valence-corrected chi connectivity index (χ0v) is 9.10. The molecule has 0 saturated heterocycles. The predicted molar refractivity (Wildman–Crippen MR) is 58.0 cm³/mol. The predicted octanol–water partition coefficient (Wildman–Crippen LogP) is 1.81. The molecule has 0 saturated carbocycles. The first kappa shape index (κ1) is 11.7. The highest BCUT2D eigenvalue weighted by atomic mass is 19.1. The Morgan fingerprint density at radius 2 is 2.07 bits per heavy atom. The van der Waals surface area contributed by atoms with E-state index in [4.69, 9.17) is 5.73 Å². The van der Waals surface area contributed by atoms with Crippen LogP contribution in [0.1, 0.15) is 19.4 Å². The molecule has 0 aromatic heterocycles. The highest BCUT2D eigenvalue weighted by Gasteiger charge is 2.21. The number of carbonyl (C=O) groups is 1. The Bertz CT molecular complexity index is 383. The first-order valence-corrected chi connectivity index (χ1v) is 4.67.